The summed E-state index contributed by atoms with van der Waals surface area (Å²) in [4.78, 5) is 23.8. The molecule has 0 fully saturated rings. The Morgan fingerprint density at radius 1 is 1.13 bits per heavy atom. The predicted octanol–water partition coefficient (Wildman–Crippen LogP) is 1.98. The van der Waals surface area contributed by atoms with Crippen LogP contribution >= 0.6 is 0 Å². The average molecular weight is 314 g/mol. The summed E-state index contributed by atoms with van der Waals surface area (Å²) >= 11 is 0. The van der Waals surface area contributed by atoms with Crippen molar-refractivity contribution in [3.05, 3.63) is 53.1 Å². The fraction of sp³-hybridized carbons (Fsp3) is 0.176. The lowest BCUT2D eigenvalue weighted by Gasteiger charge is -2.30. The van der Waals surface area contributed by atoms with Gasteiger partial charge in [-0.1, -0.05) is 12.1 Å². The first kappa shape index (κ1) is 15.1. The van der Waals surface area contributed by atoms with Crippen molar-refractivity contribution in [2.45, 2.75) is 19.1 Å². The summed E-state index contributed by atoms with van der Waals surface area (Å²) in [6, 6.07) is 8.42. The van der Waals surface area contributed by atoms with Gasteiger partial charge in [0.25, 0.3) is 0 Å². The van der Waals surface area contributed by atoms with Gasteiger partial charge in [-0.2, -0.15) is 0 Å². The van der Waals surface area contributed by atoms with E-state index in [1.165, 1.54) is 43.3 Å². The number of carbonyl (C=O) groups excluding carboxylic acids is 2. The lowest BCUT2D eigenvalue weighted by Crippen LogP contribution is -2.36. The number of Topliss-reactive ketones (excluding diaryl/α,β-unsaturated/α-hetero) is 2. The Balaban J connectivity index is 2.08. The van der Waals surface area contributed by atoms with E-state index in [4.69, 9.17) is 4.74 Å². The molecule has 1 aliphatic heterocycles. The predicted molar refractivity (Wildman–Crippen MR) is 79.9 cm³/mol. The highest BCUT2D eigenvalue weighted by molar-refractivity contribution is 6.07. The van der Waals surface area contributed by atoms with Crippen molar-refractivity contribution >= 4 is 11.6 Å². The number of carbonyl (C=O) groups is 2. The number of phenols is 2. The first-order valence-corrected chi connectivity index (χ1v) is 6.94. The molecule has 6 nitrogen and oxygen atoms in total. The van der Waals surface area contributed by atoms with E-state index < -0.39 is 23.7 Å². The lowest BCUT2D eigenvalue weighted by molar-refractivity contribution is 0.0211. The van der Waals surface area contributed by atoms with Crippen LogP contribution < -0.4 is 4.74 Å². The molecule has 0 saturated carbocycles. The summed E-state index contributed by atoms with van der Waals surface area (Å²) in [5.41, 5.74) is 0.550. The van der Waals surface area contributed by atoms with E-state index in [-0.39, 0.29) is 28.4 Å². The molecular formula is C17H14O6. The summed E-state index contributed by atoms with van der Waals surface area (Å²) in [5, 5.41) is 29.5. The van der Waals surface area contributed by atoms with Gasteiger partial charge in [0.2, 0.25) is 5.78 Å². The number of aliphatic hydroxyl groups excluding tert-OH is 1. The Bertz CT molecular complexity index is 793. The summed E-state index contributed by atoms with van der Waals surface area (Å²) in [6.07, 6.45) is -2.49. The van der Waals surface area contributed by atoms with E-state index in [2.05, 4.69) is 0 Å². The molecule has 118 valence electrons. The van der Waals surface area contributed by atoms with Crippen molar-refractivity contribution in [2.75, 3.05) is 0 Å². The van der Waals surface area contributed by atoms with Gasteiger partial charge in [0.05, 0.1) is 0 Å². The molecule has 0 saturated heterocycles. The van der Waals surface area contributed by atoms with E-state index in [1.54, 1.807) is 0 Å². The van der Waals surface area contributed by atoms with Crippen molar-refractivity contribution in [3.63, 3.8) is 0 Å². The highest BCUT2D eigenvalue weighted by Crippen LogP contribution is 2.40. The Labute approximate surface area is 131 Å². The molecule has 0 amide bonds. The maximum Gasteiger partial charge on any atom is 0.202 e. The van der Waals surface area contributed by atoms with Gasteiger partial charge in [-0.15, -0.1) is 0 Å². The monoisotopic (exact) mass is 314 g/mol. The third-order valence-corrected chi connectivity index (χ3v) is 3.77. The minimum Gasteiger partial charge on any atom is -0.508 e. The van der Waals surface area contributed by atoms with E-state index in [0.717, 1.165) is 0 Å². The summed E-state index contributed by atoms with van der Waals surface area (Å²) in [5.74, 6) is -1.28. The van der Waals surface area contributed by atoms with Gasteiger partial charge in [0.1, 0.15) is 22.8 Å². The normalized spacial score (nSPS) is 19.8. The van der Waals surface area contributed by atoms with Gasteiger partial charge >= 0.3 is 0 Å². The molecular weight excluding hydrogens is 300 g/mol. The molecule has 0 aromatic heterocycles. The van der Waals surface area contributed by atoms with Crippen LogP contribution in [0.1, 0.15) is 39.3 Å². The van der Waals surface area contributed by atoms with Crippen LogP contribution in [0.25, 0.3) is 0 Å². The minimum atomic E-state index is -1.50. The third-order valence-electron chi connectivity index (χ3n) is 3.77. The van der Waals surface area contributed by atoms with Crippen LogP contribution in [0.5, 0.6) is 17.2 Å². The molecule has 6 heteroatoms. The lowest BCUT2D eigenvalue weighted by atomic mass is 9.92. The minimum absolute atomic E-state index is 0.0438. The first-order chi connectivity index (χ1) is 10.9. The van der Waals surface area contributed by atoms with Crippen LogP contribution in [0.4, 0.5) is 0 Å². The number of hydrogen-bond acceptors (Lipinski definition) is 6. The number of phenolic OH excluding ortho intramolecular Hbond substituents is 2. The fourth-order valence-corrected chi connectivity index (χ4v) is 2.55. The van der Waals surface area contributed by atoms with Crippen molar-refractivity contribution in [1.29, 1.82) is 0 Å². The zero-order chi connectivity index (χ0) is 16.7. The highest BCUT2D eigenvalue weighted by atomic mass is 16.5. The smallest absolute Gasteiger partial charge is 0.202 e. The van der Waals surface area contributed by atoms with Gasteiger partial charge in [0, 0.05) is 5.56 Å². The zero-order valence-corrected chi connectivity index (χ0v) is 12.2. The van der Waals surface area contributed by atoms with E-state index in [1.807, 2.05) is 0 Å². The van der Waals surface area contributed by atoms with Crippen LogP contribution in [0, 0.1) is 0 Å². The number of hydrogen-bond donors (Lipinski definition) is 3. The first-order valence-electron chi connectivity index (χ1n) is 6.94. The molecule has 1 heterocycles. The molecule has 0 radical (unpaired) electrons. The number of benzene rings is 2. The van der Waals surface area contributed by atoms with Crippen molar-refractivity contribution in [2.24, 2.45) is 0 Å². The SMILES string of the molecule is CC(=O)c1cc(O)c2c(c1)OC(c1ccc(O)cc1)C(O)C2=O. The van der Waals surface area contributed by atoms with E-state index >= 15 is 0 Å². The summed E-state index contributed by atoms with van der Waals surface area (Å²) in [7, 11) is 0. The molecule has 0 bridgehead atoms. The largest absolute Gasteiger partial charge is 0.508 e. The Hall–Kier alpha value is -2.86. The average Bonchev–Trinajstić information content (AvgIpc) is 2.51. The second-order valence-corrected chi connectivity index (χ2v) is 5.36. The zero-order valence-electron chi connectivity index (χ0n) is 12.2. The van der Waals surface area contributed by atoms with Crippen molar-refractivity contribution in [1.82, 2.24) is 0 Å². The molecule has 1 aliphatic rings. The van der Waals surface area contributed by atoms with Gasteiger partial charge < -0.3 is 20.1 Å². The standard InChI is InChI=1S/C17H14O6/c1-8(18)10-6-12(20)14-13(7-10)23-17(16(22)15(14)21)9-2-4-11(19)5-3-9/h2-7,16-17,19-20,22H,1H3. The summed E-state index contributed by atoms with van der Waals surface area (Å²) < 4.78 is 5.65. The number of rotatable bonds is 2. The van der Waals surface area contributed by atoms with Gasteiger partial charge in [-0.25, -0.2) is 0 Å². The van der Waals surface area contributed by atoms with Crippen LogP contribution in [0.3, 0.4) is 0 Å². The van der Waals surface area contributed by atoms with E-state index in [0.29, 0.717) is 5.56 Å². The molecule has 3 N–H and O–H groups in total. The number of ether oxygens (including phenoxy) is 1. The van der Waals surface area contributed by atoms with Crippen LogP contribution in [-0.2, 0) is 0 Å². The van der Waals surface area contributed by atoms with Gasteiger partial charge in [-0.05, 0) is 36.8 Å². The molecule has 23 heavy (non-hydrogen) atoms. The molecule has 0 spiro atoms. The molecule has 2 aromatic carbocycles. The summed E-state index contributed by atoms with van der Waals surface area (Å²) in [6.45, 7) is 1.33. The van der Waals surface area contributed by atoms with Crippen molar-refractivity contribution in [3.8, 4) is 17.2 Å². The van der Waals surface area contributed by atoms with Gasteiger partial charge in [0.15, 0.2) is 18.0 Å². The maximum absolute atomic E-state index is 12.3. The molecule has 3 rings (SSSR count). The number of ketones is 2. The maximum atomic E-state index is 12.3. The highest BCUT2D eigenvalue weighted by Gasteiger charge is 2.39. The molecule has 2 aromatic rings. The molecule has 2 unspecified atom stereocenters. The van der Waals surface area contributed by atoms with Crippen LogP contribution in [0.15, 0.2) is 36.4 Å². The second kappa shape index (κ2) is 5.40. The topological polar surface area (TPSA) is 104 Å². The Kier molecular flexibility index (Phi) is 3.54. The Morgan fingerprint density at radius 2 is 1.78 bits per heavy atom. The van der Waals surface area contributed by atoms with Crippen molar-refractivity contribution < 1.29 is 29.6 Å². The third kappa shape index (κ3) is 2.53. The fourth-order valence-electron chi connectivity index (χ4n) is 2.55. The second-order valence-electron chi connectivity index (χ2n) is 5.36. The number of aliphatic hydroxyl groups is 1. The molecule has 2 atom stereocenters. The Morgan fingerprint density at radius 3 is 2.39 bits per heavy atom. The number of aromatic hydroxyl groups is 2. The van der Waals surface area contributed by atoms with Gasteiger partial charge in [-0.3, -0.25) is 9.59 Å². The number of fused-ring (bicyclic) bond motifs is 1. The molecule has 0 aliphatic carbocycles. The van der Waals surface area contributed by atoms with Crippen LogP contribution in [0.2, 0.25) is 0 Å². The van der Waals surface area contributed by atoms with Crippen LogP contribution in [-0.4, -0.2) is 33.0 Å². The quantitative estimate of drug-likeness (QED) is 0.732. The van der Waals surface area contributed by atoms with E-state index in [9.17, 15) is 24.9 Å².